The van der Waals surface area contributed by atoms with Crippen LogP contribution in [0.2, 0.25) is 0 Å². The SMILES string of the molecule is Cc1cccc(C2=CC(=O)CC(C)(C)C2)c1. The van der Waals surface area contributed by atoms with Crippen LogP contribution in [-0.2, 0) is 4.79 Å². The van der Waals surface area contributed by atoms with Gasteiger partial charge in [0.25, 0.3) is 0 Å². The standard InChI is InChI=1S/C15H18O/c1-11-5-4-6-12(7-11)13-8-14(16)10-15(2,3)9-13/h4-8H,9-10H2,1-3H3. The van der Waals surface area contributed by atoms with E-state index in [1.54, 1.807) is 0 Å². The van der Waals surface area contributed by atoms with E-state index in [0.29, 0.717) is 6.42 Å². The second-order valence-corrected chi connectivity index (χ2v) is 5.52. The molecule has 0 N–H and O–H groups in total. The van der Waals surface area contributed by atoms with Crippen molar-refractivity contribution in [2.75, 3.05) is 0 Å². The first-order valence-electron chi connectivity index (χ1n) is 5.77. The summed E-state index contributed by atoms with van der Waals surface area (Å²) >= 11 is 0. The van der Waals surface area contributed by atoms with Crippen molar-refractivity contribution < 1.29 is 4.79 Å². The molecule has 0 fully saturated rings. The third kappa shape index (κ3) is 2.41. The molecule has 0 radical (unpaired) electrons. The number of aryl methyl sites for hydroxylation is 1. The molecule has 1 aromatic carbocycles. The molecule has 0 aliphatic heterocycles. The zero-order chi connectivity index (χ0) is 11.8. The van der Waals surface area contributed by atoms with Crippen LogP contribution in [0.1, 0.15) is 37.8 Å². The van der Waals surface area contributed by atoms with E-state index in [1.807, 2.05) is 6.08 Å². The lowest BCUT2D eigenvalue weighted by atomic mass is 9.75. The van der Waals surface area contributed by atoms with E-state index in [1.165, 1.54) is 16.7 Å². The Morgan fingerprint density at radius 3 is 2.56 bits per heavy atom. The minimum Gasteiger partial charge on any atom is -0.295 e. The van der Waals surface area contributed by atoms with Gasteiger partial charge in [0.05, 0.1) is 0 Å². The summed E-state index contributed by atoms with van der Waals surface area (Å²) in [5, 5.41) is 0. The van der Waals surface area contributed by atoms with Gasteiger partial charge in [-0.25, -0.2) is 0 Å². The number of rotatable bonds is 1. The Bertz CT molecular complexity index is 452. The Labute approximate surface area is 97.2 Å². The summed E-state index contributed by atoms with van der Waals surface area (Å²) in [6, 6.07) is 8.38. The second kappa shape index (κ2) is 3.89. The molecule has 2 rings (SSSR count). The van der Waals surface area contributed by atoms with Crippen LogP contribution in [0.5, 0.6) is 0 Å². The Balaban J connectivity index is 2.38. The molecule has 1 nitrogen and oxygen atoms in total. The molecule has 1 aliphatic carbocycles. The molecule has 1 aromatic rings. The van der Waals surface area contributed by atoms with Crippen LogP contribution in [0, 0.1) is 12.3 Å². The maximum atomic E-state index is 11.7. The Morgan fingerprint density at radius 2 is 1.94 bits per heavy atom. The van der Waals surface area contributed by atoms with E-state index >= 15 is 0 Å². The number of carbonyl (C=O) groups is 1. The predicted molar refractivity (Wildman–Crippen MR) is 67.2 cm³/mol. The molecule has 0 aromatic heterocycles. The molecule has 0 heterocycles. The number of carbonyl (C=O) groups excluding carboxylic acids is 1. The number of ketones is 1. The smallest absolute Gasteiger partial charge is 0.156 e. The van der Waals surface area contributed by atoms with Gasteiger partial charge >= 0.3 is 0 Å². The summed E-state index contributed by atoms with van der Waals surface area (Å²) < 4.78 is 0. The summed E-state index contributed by atoms with van der Waals surface area (Å²) in [5.74, 6) is 0.257. The van der Waals surface area contributed by atoms with Crippen LogP contribution in [-0.4, -0.2) is 5.78 Å². The van der Waals surface area contributed by atoms with Crippen molar-refractivity contribution in [1.29, 1.82) is 0 Å². The van der Waals surface area contributed by atoms with E-state index in [0.717, 1.165) is 6.42 Å². The quantitative estimate of drug-likeness (QED) is 0.695. The van der Waals surface area contributed by atoms with Crippen LogP contribution in [0.25, 0.3) is 5.57 Å². The normalized spacial score (nSPS) is 19.4. The van der Waals surface area contributed by atoms with Crippen molar-refractivity contribution >= 4 is 11.4 Å². The molecule has 0 atom stereocenters. The molecule has 16 heavy (non-hydrogen) atoms. The topological polar surface area (TPSA) is 17.1 Å². The summed E-state index contributed by atoms with van der Waals surface area (Å²) in [5.41, 5.74) is 3.73. The van der Waals surface area contributed by atoms with Crippen LogP contribution in [0.3, 0.4) is 0 Å². The lowest BCUT2D eigenvalue weighted by Gasteiger charge is -2.29. The fourth-order valence-electron chi connectivity index (χ4n) is 2.38. The lowest BCUT2D eigenvalue weighted by molar-refractivity contribution is -0.116. The van der Waals surface area contributed by atoms with Gasteiger partial charge < -0.3 is 0 Å². The van der Waals surface area contributed by atoms with Crippen LogP contribution in [0.4, 0.5) is 0 Å². The van der Waals surface area contributed by atoms with Crippen molar-refractivity contribution in [3.05, 3.63) is 41.5 Å². The van der Waals surface area contributed by atoms with Crippen LogP contribution < -0.4 is 0 Å². The highest BCUT2D eigenvalue weighted by Gasteiger charge is 2.27. The largest absolute Gasteiger partial charge is 0.295 e. The molecule has 0 unspecified atom stereocenters. The van der Waals surface area contributed by atoms with Gasteiger partial charge in [-0.2, -0.15) is 0 Å². The number of hydrogen-bond acceptors (Lipinski definition) is 1. The van der Waals surface area contributed by atoms with Crippen LogP contribution >= 0.6 is 0 Å². The Kier molecular flexibility index (Phi) is 2.71. The molecule has 0 saturated carbocycles. The summed E-state index contributed by atoms with van der Waals surface area (Å²) in [4.78, 5) is 11.7. The van der Waals surface area contributed by atoms with Gasteiger partial charge in [-0.05, 0) is 36.0 Å². The third-order valence-electron chi connectivity index (χ3n) is 3.05. The first kappa shape index (κ1) is 11.1. The van der Waals surface area contributed by atoms with E-state index in [4.69, 9.17) is 0 Å². The summed E-state index contributed by atoms with van der Waals surface area (Å²) in [7, 11) is 0. The molecule has 0 amide bonds. The second-order valence-electron chi connectivity index (χ2n) is 5.52. The average molecular weight is 214 g/mol. The van der Waals surface area contributed by atoms with Gasteiger partial charge in [0.1, 0.15) is 0 Å². The molecule has 0 bridgehead atoms. The highest BCUT2D eigenvalue weighted by atomic mass is 16.1. The monoisotopic (exact) mass is 214 g/mol. The molecule has 1 aliphatic rings. The zero-order valence-electron chi connectivity index (χ0n) is 10.2. The minimum atomic E-state index is 0.102. The van der Waals surface area contributed by atoms with E-state index in [2.05, 4.69) is 45.0 Å². The van der Waals surface area contributed by atoms with Gasteiger partial charge in [0, 0.05) is 6.42 Å². The van der Waals surface area contributed by atoms with Crippen molar-refractivity contribution in [3.8, 4) is 0 Å². The molecule has 1 heteroatoms. The van der Waals surface area contributed by atoms with Gasteiger partial charge in [0.15, 0.2) is 5.78 Å². The average Bonchev–Trinajstić information content (AvgIpc) is 2.14. The van der Waals surface area contributed by atoms with Gasteiger partial charge in [-0.3, -0.25) is 4.79 Å². The van der Waals surface area contributed by atoms with Gasteiger partial charge in [0.2, 0.25) is 0 Å². The molecule has 0 spiro atoms. The minimum absolute atomic E-state index is 0.102. The lowest BCUT2D eigenvalue weighted by Crippen LogP contribution is -2.21. The van der Waals surface area contributed by atoms with Gasteiger partial charge in [-0.1, -0.05) is 43.7 Å². The number of hydrogen-bond donors (Lipinski definition) is 0. The Hall–Kier alpha value is -1.37. The number of allylic oxidation sites excluding steroid dienone is 2. The summed E-state index contributed by atoms with van der Waals surface area (Å²) in [6.45, 7) is 6.40. The van der Waals surface area contributed by atoms with E-state index in [9.17, 15) is 4.79 Å². The maximum Gasteiger partial charge on any atom is 0.156 e. The molecular weight excluding hydrogens is 196 g/mol. The van der Waals surface area contributed by atoms with Crippen molar-refractivity contribution in [1.82, 2.24) is 0 Å². The Morgan fingerprint density at radius 1 is 1.19 bits per heavy atom. The molecular formula is C15H18O. The first-order valence-corrected chi connectivity index (χ1v) is 5.77. The fourth-order valence-corrected chi connectivity index (χ4v) is 2.38. The zero-order valence-corrected chi connectivity index (χ0v) is 10.2. The predicted octanol–water partition coefficient (Wildman–Crippen LogP) is 3.77. The molecule has 84 valence electrons. The number of benzene rings is 1. The highest BCUT2D eigenvalue weighted by Crippen LogP contribution is 2.38. The molecule has 0 saturated heterocycles. The first-order chi connectivity index (χ1) is 7.46. The van der Waals surface area contributed by atoms with Crippen molar-refractivity contribution in [2.24, 2.45) is 5.41 Å². The van der Waals surface area contributed by atoms with Crippen molar-refractivity contribution in [3.63, 3.8) is 0 Å². The van der Waals surface area contributed by atoms with E-state index < -0.39 is 0 Å². The van der Waals surface area contributed by atoms with Gasteiger partial charge in [-0.15, -0.1) is 0 Å². The van der Waals surface area contributed by atoms with E-state index in [-0.39, 0.29) is 11.2 Å². The highest BCUT2D eigenvalue weighted by molar-refractivity contribution is 5.99. The van der Waals surface area contributed by atoms with Crippen molar-refractivity contribution in [2.45, 2.75) is 33.6 Å². The fraction of sp³-hybridized carbons (Fsp3) is 0.400. The summed E-state index contributed by atoms with van der Waals surface area (Å²) in [6.07, 6.45) is 3.48. The van der Waals surface area contributed by atoms with Crippen LogP contribution in [0.15, 0.2) is 30.3 Å². The third-order valence-corrected chi connectivity index (χ3v) is 3.05. The maximum absolute atomic E-state index is 11.7.